The fourth-order valence-corrected chi connectivity index (χ4v) is 2.98. The summed E-state index contributed by atoms with van der Waals surface area (Å²) in [5.74, 6) is -1.30. The number of aromatic nitrogens is 1. The molecule has 1 aromatic heterocycles. The number of fused-ring (bicyclic) bond motifs is 1. The van der Waals surface area contributed by atoms with Gasteiger partial charge in [0.05, 0.1) is 12.3 Å². The number of hydrogen-bond donors (Lipinski definition) is 2. The first-order chi connectivity index (χ1) is 9.11. The molecular weight excluding hydrogens is 266 g/mol. The first-order valence-electron chi connectivity index (χ1n) is 6.33. The summed E-state index contributed by atoms with van der Waals surface area (Å²) in [7, 11) is 0. The number of esters is 1. The van der Waals surface area contributed by atoms with Crippen LogP contribution in [0.2, 0.25) is 0 Å². The van der Waals surface area contributed by atoms with Crippen LogP contribution < -0.4 is 11.1 Å². The van der Waals surface area contributed by atoms with Crippen LogP contribution in [-0.4, -0.2) is 29.5 Å². The van der Waals surface area contributed by atoms with Gasteiger partial charge in [-0.05, 0) is 32.6 Å². The highest BCUT2D eigenvalue weighted by atomic mass is 32.1. The summed E-state index contributed by atoms with van der Waals surface area (Å²) in [6, 6.07) is -1.30. The van der Waals surface area contributed by atoms with E-state index in [2.05, 4.69) is 10.3 Å². The van der Waals surface area contributed by atoms with Gasteiger partial charge in [-0.1, -0.05) is 0 Å². The highest BCUT2D eigenvalue weighted by Gasteiger charge is 2.25. The molecule has 1 amide bonds. The Morgan fingerprint density at radius 3 is 2.89 bits per heavy atom. The normalized spacial score (nSPS) is 15.5. The van der Waals surface area contributed by atoms with E-state index < -0.39 is 17.9 Å². The van der Waals surface area contributed by atoms with Crippen molar-refractivity contribution < 1.29 is 14.3 Å². The standard InChI is InChI=1S/C12H17N3O3S/c1-2-18-11(17)9(13)10(16)15-12-14-7-5-3-4-6-8(7)19-12/h9H,2-6,13H2,1H3,(H,14,15,16). The van der Waals surface area contributed by atoms with Crippen molar-refractivity contribution in [2.75, 3.05) is 11.9 Å². The summed E-state index contributed by atoms with van der Waals surface area (Å²) in [6.45, 7) is 1.86. The number of aryl methyl sites for hydroxylation is 2. The van der Waals surface area contributed by atoms with Crippen LogP contribution in [0.3, 0.4) is 0 Å². The average molecular weight is 283 g/mol. The molecule has 19 heavy (non-hydrogen) atoms. The van der Waals surface area contributed by atoms with E-state index in [1.54, 1.807) is 6.92 Å². The van der Waals surface area contributed by atoms with Crippen molar-refractivity contribution in [3.8, 4) is 0 Å². The molecule has 0 fully saturated rings. The molecule has 1 heterocycles. The third-order valence-electron chi connectivity index (χ3n) is 2.90. The first kappa shape index (κ1) is 14.0. The highest BCUT2D eigenvalue weighted by Crippen LogP contribution is 2.29. The highest BCUT2D eigenvalue weighted by molar-refractivity contribution is 7.15. The summed E-state index contributed by atoms with van der Waals surface area (Å²) in [6.07, 6.45) is 4.25. The molecule has 2 rings (SSSR count). The zero-order chi connectivity index (χ0) is 13.8. The lowest BCUT2D eigenvalue weighted by Gasteiger charge is -2.09. The van der Waals surface area contributed by atoms with Gasteiger partial charge in [0.15, 0.2) is 11.2 Å². The molecule has 0 bridgehead atoms. The van der Waals surface area contributed by atoms with Crippen molar-refractivity contribution in [2.24, 2.45) is 5.73 Å². The zero-order valence-corrected chi connectivity index (χ0v) is 11.6. The maximum atomic E-state index is 11.8. The van der Waals surface area contributed by atoms with Crippen LogP contribution in [0.25, 0.3) is 0 Å². The Labute approximate surface area is 115 Å². The van der Waals surface area contributed by atoms with Crippen LogP contribution >= 0.6 is 11.3 Å². The number of nitrogens with one attached hydrogen (secondary N) is 1. The fourth-order valence-electron chi connectivity index (χ4n) is 1.93. The molecule has 1 aromatic rings. The van der Waals surface area contributed by atoms with Crippen molar-refractivity contribution in [3.05, 3.63) is 10.6 Å². The fraction of sp³-hybridized carbons (Fsp3) is 0.583. The number of nitrogens with two attached hydrogens (primary N) is 1. The molecule has 0 aromatic carbocycles. The number of hydrogen-bond acceptors (Lipinski definition) is 6. The smallest absolute Gasteiger partial charge is 0.332 e. The largest absolute Gasteiger partial charge is 0.464 e. The number of carbonyl (C=O) groups is 2. The molecule has 0 saturated carbocycles. The number of thiazole rings is 1. The van der Waals surface area contributed by atoms with E-state index in [1.165, 1.54) is 16.2 Å². The summed E-state index contributed by atoms with van der Waals surface area (Å²) in [5, 5.41) is 3.09. The van der Waals surface area contributed by atoms with Crippen molar-refractivity contribution in [2.45, 2.75) is 38.6 Å². The molecule has 6 nitrogen and oxygen atoms in total. The molecule has 1 aliphatic rings. The maximum Gasteiger partial charge on any atom is 0.332 e. The minimum atomic E-state index is -1.30. The van der Waals surface area contributed by atoms with Gasteiger partial charge in [0.1, 0.15) is 0 Å². The molecule has 3 N–H and O–H groups in total. The molecule has 0 aliphatic heterocycles. The van der Waals surface area contributed by atoms with Gasteiger partial charge in [-0.3, -0.25) is 4.79 Å². The molecule has 0 radical (unpaired) electrons. The van der Waals surface area contributed by atoms with Crippen LogP contribution in [0.1, 0.15) is 30.3 Å². The van der Waals surface area contributed by atoms with Crippen LogP contribution in [0.5, 0.6) is 0 Å². The summed E-state index contributed by atoms with van der Waals surface area (Å²) < 4.78 is 4.70. The van der Waals surface area contributed by atoms with E-state index in [1.807, 2.05) is 0 Å². The van der Waals surface area contributed by atoms with Crippen molar-refractivity contribution >= 4 is 28.3 Å². The Morgan fingerprint density at radius 1 is 1.47 bits per heavy atom. The van der Waals surface area contributed by atoms with Crippen molar-refractivity contribution in [3.63, 3.8) is 0 Å². The van der Waals surface area contributed by atoms with Crippen LogP contribution in [0.4, 0.5) is 5.13 Å². The van der Waals surface area contributed by atoms with Crippen molar-refractivity contribution in [1.82, 2.24) is 4.98 Å². The average Bonchev–Trinajstić information content (AvgIpc) is 2.80. The Morgan fingerprint density at radius 2 is 2.21 bits per heavy atom. The Kier molecular flexibility index (Phi) is 4.49. The SMILES string of the molecule is CCOC(=O)C(N)C(=O)Nc1nc2c(s1)CCCC2. The van der Waals surface area contributed by atoms with Crippen molar-refractivity contribution in [1.29, 1.82) is 0 Å². The second-order valence-corrected chi connectivity index (χ2v) is 5.40. The number of anilines is 1. The Balaban J connectivity index is 1.98. The number of rotatable bonds is 4. The van der Waals surface area contributed by atoms with E-state index in [-0.39, 0.29) is 6.61 Å². The zero-order valence-electron chi connectivity index (χ0n) is 10.8. The molecular formula is C12H17N3O3S. The molecule has 0 saturated heterocycles. The van der Waals surface area contributed by atoms with Gasteiger partial charge >= 0.3 is 5.97 Å². The van der Waals surface area contributed by atoms with E-state index in [0.29, 0.717) is 5.13 Å². The van der Waals surface area contributed by atoms with Gasteiger partial charge in [-0.25, -0.2) is 9.78 Å². The molecule has 104 valence electrons. The molecule has 1 aliphatic carbocycles. The quantitative estimate of drug-likeness (QED) is 0.631. The number of amides is 1. The number of carbonyl (C=O) groups excluding carboxylic acids is 2. The summed E-state index contributed by atoms with van der Waals surface area (Å²) in [4.78, 5) is 28.7. The predicted octanol–water partition coefficient (Wildman–Crippen LogP) is 0.851. The van der Waals surface area contributed by atoms with E-state index >= 15 is 0 Å². The third kappa shape index (κ3) is 3.30. The van der Waals surface area contributed by atoms with E-state index in [4.69, 9.17) is 10.5 Å². The maximum absolute atomic E-state index is 11.8. The first-order valence-corrected chi connectivity index (χ1v) is 7.15. The molecule has 1 atom stereocenters. The van der Waals surface area contributed by atoms with Gasteiger partial charge in [0.2, 0.25) is 0 Å². The topological polar surface area (TPSA) is 94.3 Å². The predicted molar refractivity (Wildman–Crippen MR) is 72.0 cm³/mol. The Bertz CT molecular complexity index is 463. The van der Waals surface area contributed by atoms with Crippen LogP contribution in [-0.2, 0) is 27.2 Å². The Hall–Kier alpha value is -1.47. The molecule has 1 unspecified atom stereocenters. The molecule has 7 heteroatoms. The van der Waals surface area contributed by atoms with Gasteiger partial charge in [-0.2, -0.15) is 0 Å². The van der Waals surface area contributed by atoms with E-state index in [9.17, 15) is 9.59 Å². The lowest BCUT2D eigenvalue weighted by atomic mass is 10.0. The third-order valence-corrected chi connectivity index (χ3v) is 3.97. The second kappa shape index (κ2) is 6.12. The van der Waals surface area contributed by atoms with Gasteiger partial charge in [0, 0.05) is 4.88 Å². The number of nitrogens with zero attached hydrogens (tertiary/aromatic N) is 1. The minimum Gasteiger partial charge on any atom is -0.464 e. The lowest BCUT2D eigenvalue weighted by molar-refractivity contribution is -0.146. The van der Waals surface area contributed by atoms with Crippen LogP contribution in [0.15, 0.2) is 0 Å². The van der Waals surface area contributed by atoms with Gasteiger partial charge in [0.25, 0.3) is 5.91 Å². The number of ether oxygens (including phenoxy) is 1. The summed E-state index contributed by atoms with van der Waals surface area (Å²) in [5.41, 5.74) is 6.56. The lowest BCUT2D eigenvalue weighted by Crippen LogP contribution is -2.43. The van der Waals surface area contributed by atoms with Gasteiger partial charge < -0.3 is 15.8 Å². The van der Waals surface area contributed by atoms with E-state index in [0.717, 1.165) is 31.4 Å². The summed E-state index contributed by atoms with van der Waals surface area (Å²) >= 11 is 1.46. The monoisotopic (exact) mass is 283 g/mol. The molecule has 0 spiro atoms. The van der Waals surface area contributed by atoms with Gasteiger partial charge in [-0.15, -0.1) is 11.3 Å². The van der Waals surface area contributed by atoms with Crippen LogP contribution in [0, 0.1) is 0 Å². The second-order valence-electron chi connectivity index (χ2n) is 4.31. The minimum absolute atomic E-state index is 0.200.